The fraction of sp³-hybridized carbons (Fsp3) is 0.500. The summed E-state index contributed by atoms with van der Waals surface area (Å²) in [5.74, 6) is 0.158. The maximum atomic E-state index is 11.7. The van der Waals surface area contributed by atoms with E-state index >= 15 is 0 Å². The molecule has 1 amide bonds. The fourth-order valence-electron chi connectivity index (χ4n) is 1.48. The maximum absolute atomic E-state index is 11.7. The largest absolute Gasteiger partial charge is 0.337 e. The molecule has 1 rings (SSSR count). The van der Waals surface area contributed by atoms with E-state index in [2.05, 4.69) is 6.58 Å². The zero-order valence-electron chi connectivity index (χ0n) is 7.78. The number of hydrogen-bond acceptors (Lipinski definition) is 2. The third-order valence-electron chi connectivity index (χ3n) is 2.14. The first-order valence-electron chi connectivity index (χ1n) is 4.56. The van der Waals surface area contributed by atoms with Gasteiger partial charge in [-0.05, 0) is 6.42 Å². The molecule has 1 heterocycles. The molecule has 1 atom stereocenters. The van der Waals surface area contributed by atoms with Crippen molar-refractivity contribution in [1.82, 2.24) is 4.90 Å². The van der Waals surface area contributed by atoms with Crippen LogP contribution < -0.4 is 5.73 Å². The number of allylic oxidation sites excluding steroid dienone is 1. The Morgan fingerprint density at radius 3 is 3.15 bits per heavy atom. The van der Waals surface area contributed by atoms with Gasteiger partial charge in [-0.3, -0.25) is 4.79 Å². The van der Waals surface area contributed by atoms with E-state index in [-0.39, 0.29) is 11.8 Å². The standard InChI is InChI=1S/C10H16N2O/c1-2-4-9-5-3-7-12(8-6-11)10(9)13/h2-3,5,9H,1,4,6-8,11H2/t9-/m0/s1. The van der Waals surface area contributed by atoms with E-state index in [0.717, 1.165) is 6.42 Å². The number of carbonyl (C=O) groups is 1. The van der Waals surface area contributed by atoms with Crippen molar-refractivity contribution < 1.29 is 4.79 Å². The third-order valence-corrected chi connectivity index (χ3v) is 2.14. The first-order valence-corrected chi connectivity index (χ1v) is 4.56. The van der Waals surface area contributed by atoms with E-state index in [0.29, 0.717) is 19.6 Å². The first kappa shape index (κ1) is 9.99. The van der Waals surface area contributed by atoms with Crippen LogP contribution >= 0.6 is 0 Å². The molecule has 1 aliphatic rings. The minimum atomic E-state index is -0.0159. The highest BCUT2D eigenvalue weighted by Crippen LogP contribution is 2.14. The Labute approximate surface area is 78.9 Å². The van der Waals surface area contributed by atoms with Gasteiger partial charge in [0.05, 0.1) is 5.92 Å². The normalized spacial score (nSPS) is 22.1. The van der Waals surface area contributed by atoms with Crippen LogP contribution in [-0.4, -0.2) is 30.4 Å². The van der Waals surface area contributed by atoms with Gasteiger partial charge in [-0.1, -0.05) is 18.2 Å². The smallest absolute Gasteiger partial charge is 0.230 e. The van der Waals surface area contributed by atoms with Crippen molar-refractivity contribution in [3.8, 4) is 0 Å². The zero-order chi connectivity index (χ0) is 9.68. The minimum absolute atomic E-state index is 0.0159. The summed E-state index contributed by atoms with van der Waals surface area (Å²) in [7, 11) is 0. The van der Waals surface area contributed by atoms with Gasteiger partial charge in [0, 0.05) is 19.6 Å². The van der Waals surface area contributed by atoms with Crippen LogP contribution in [0.4, 0.5) is 0 Å². The molecule has 1 aliphatic heterocycles. The Bertz CT molecular complexity index is 223. The van der Waals surface area contributed by atoms with Crippen molar-refractivity contribution in [3.05, 3.63) is 24.8 Å². The average molecular weight is 180 g/mol. The Balaban J connectivity index is 2.59. The highest BCUT2D eigenvalue weighted by atomic mass is 16.2. The first-order chi connectivity index (χ1) is 6.29. The number of hydrogen-bond donors (Lipinski definition) is 1. The van der Waals surface area contributed by atoms with E-state index in [1.165, 1.54) is 0 Å². The number of amides is 1. The van der Waals surface area contributed by atoms with Gasteiger partial charge >= 0.3 is 0 Å². The quantitative estimate of drug-likeness (QED) is 0.642. The van der Waals surface area contributed by atoms with Gasteiger partial charge in [-0.2, -0.15) is 0 Å². The summed E-state index contributed by atoms with van der Waals surface area (Å²) in [6.07, 6.45) is 6.47. The van der Waals surface area contributed by atoms with E-state index in [9.17, 15) is 4.79 Å². The molecule has 0 fully saturated rings. The summed E-state index contributed by atoms with van der Waals surface area (Å²) in [4.78, 5) is 13.5. The monoisotopic (exact) mass is 180 g/mol. The van der Waals surface area contributed by atoms with Gasteiger partial charge in [0.15, 0.2) is 0 Å². The molecule has 72 valence electrons. The van der Waals surface area contributed by atoms with E-state index < -0.39 is 0 Å². The summed E-state index contributed by atoms with van der Waals surface area (Å²) < 4.78 is 0. The van der Waals surface area contributed by atoms with Gasteiger partial charge in [0.25, 0.3) is 0 Å². The van der Waals surface area contributed by atoms with Crippen molar-refractivity contribution in [2.24, 2.45) is 11.7 Å². The van der Waals surface area contributed by atoms with E-state index in [1.54, 1.807) is 11.0 Å². The lowest BCUT2D eigenvalue weighted by Crippen LogP contribution is -2.41. The number of rotatable bonds is 4. The van der Waals surface area contributed by atoms with Crippen LogP contribution in [0.1, 0.15) is 6.42 Å². The average Bonchev–Trinajstić information content (AvgIpc) is 2.13. The maximum Gasteiger partial charge on any atom is 0.230 e. The lowest BCUT2D eigenvalue weighted by molar-refractivity contribution is -0.133. The van der Waals surface area contributed by atoms with Gasteiger partial charge in [0.2, 0.25) is 5.91 Å². The SMILES string of the molecule is C=CC[C@H]1C=CCN(CCN)C1=O. The summed E-state index contributed by atoms with van der Waals surface area (Å²) in [5, 5.41) is 0. The highest BCUT2D eigenvalue weighted by Gasteiger charge is 2.22. The van der Waals surface area contributed by atoms with Crippen molar-refractivity contribution in [3.63, 3.8) is 0 Å². The molecule has 0 saturated carbocycles. The Morgan fingerprint density at radius 1 is 1.77 bits per heavy atom. The van der Waals surface area contributed by atoms with Crippen LogP contribution in [0.3, 0.4) is 0 Å². The van der Waals surface area contributed by atoms with Crippen LogP contribution in [0, 0.1) is 5.92 Å². The Hall–Kier alpha value is -1.09. The van der Waals surface area contributed by atoms with E-state index in [4.69, 9.17) is 5.73 Å². The summed E-state index contributed by atoms with van der Waals surface area (Å²) in [6, 6.07) is 0. The molecule has 0 aliphatic carbocycles. The Morgan fingerprint density at radius 2 is 2.54 bits per heavy atom. The lowest BCUT2D eigenvalue weighted by Gasteiger charge is -2.27. The molecule has 0 aromatic carbocycles. The molecule has 0 unspecified atom stereocenters. The number of nitrogens with two attached hydrogens (primary N) is 1. The molecule has 13 heavy (non-hydrogen) atoms. The van der Waals surface area contributed by atoms with Crippen LogP contribution in [0.25, 0.3) is 0 Å². The Kier molecular flexibility index (Phi) is 3.71. The second kappa shape index (κ2) is 4.82. The van der Waals surface area contributed by atoms with Crippen LogP contribution in [0.15, 0.2) is 24.8 Å². The van der Waals surface area contributed by atoms with Gasteiger partial charge < -0.3 is 10.6 Å². The predicted molar refractivity (Wildman–Crippen MR) is 53.1 cm³/mol. The fourth-order valence-corrected chi connectivity index (χ4v) is 1.48. The molecule has 2 N–H and O–H groups in total. The molecule has 0 spiro atoms. The molecule has 0 aromatic rings. The summed E-state index contributed by atoms with van der Waals surface area (Å²) in [6.45, 7) is 5.51. The minimum Gasteiger partial charge on any atom is -0.337 e. The van der Waals surface area contributed by atoms with Crippen molar-refractivity contribution in [1.29, 1.82) is 0 Å². The topological polar surface area (TPSA) is 46.3 Å². The molecule has 0 radical (unpaired) electrons. The number of carbonyl (C=O) groups excluding carboxylic acids is 1. The van der Waals surface area contributed by atoms with Gasteiger partial charge in [-0.25, -0.2) is 0 Å². The molecule has 0 bridgehead atoms. The van der Waals surface area contributed by atoms with Crippen LogP contribution in [0.5, 0.6) is 0 Å². The van der Waals surface area contributed by atoms with Crippen LogP contribution in [-0.2, 0) is 4.79 Å². The molecular formula is C10H16N2O. The summed E-state index contributed by atoms with van der Waals surface area (Å²) in [5.41, 5.74) is 5.40. The zero-order valence-corrected chi connectivity index (χ0v) is 7.78. The van der Waals surface area contributed by atoms with Gasteiger partial charge in [-0.15, -0.1) is 6.58 Å². The molecule has 3 nitrogen and oxygen atoms in total. The second-order valence-corrected chi connectivity index (χ2v) is 3.13. The lowest BCUT2D eigenvalue weighted by atomic mass is 10.0. The van der Waals surface area contributed by atoms with E-state index in [1.807, 2.05) is 12.2 Å². The molecule has 0 saturated heterocycles. The predicted octanol–water partition coefficient (Wildman–Crippen LogP) is 0.536. The second-order valence-electron chi connectivity index (χ2n) is 3.13. The van der Waals surface area contributed by atoms with Crippen LogP contribution in [0.2, 0.25) is 0 Å². The molecule has 0 aromatic heterocycles. The summed E-state index contributed by atoms with van der Waals surface area (Å²) >= 11 is 0. The van der Waals surface area contributed by atoms with Gasteiger partial charge in [0.1, 0.15) is 0 Å². The molecule has 3 heteroatoms. The number of nitrogens with zero attached hydrogens (tertiary/aromatic N) is 1. The van der Waals surface area contributed by atoms with Crippen molar-refractivity contribution in [2.45, 2.75) is 6.42 Å². The van der Waals surface area contributed by atoms with Crippen molar-refractivity contribution >= 4 is 5.91 Å². The third kappa shape index (κ3) is 2.42. The highest BCUT2D eigenvalue weighted by molar-refractivity contribution is 5.82. The molecular weight excluding hydrogens is 164 g/mol. The van der Waals surface area contributed by atoms with Crippen molar-refractivity contribution in [2.75, 3.05) is 19.6 Å².